The zero-order valence-electron chi connectivity index (χ0n) is 10.9. The van der Waals surface area contributed by atoms with Crippen molar-refractivity contribution in [3.63, 3.8) is 0 Å². The van der Waals surface area contributed by atoms with Crippen LogP contribution in [-0.4, -0.2) is 12.1 Å². The van der Waals surface area contributed by atoms with Crippen molar-refractivity contribution in [3.05, 3.63) is 26.3 Å². The number of halogens is 5. The Kier molecular flexibility index (Phi) is 4.36. The van der Waals surface area contributed by atoms with Crippen molar-refractivity contribution in [1.29, 1.82) is 0 Å². The minimum absolute atomic E-state index is 0.0965. The van der Waals surface area contributed by atoms with E-state index in [4.69, 9.17) is 10.6 Å². The summed E-state index contributed by atoms with van der Waals surface area (Å²) in [4.78, 5) is 3.74. The first-order chi connectivity index (χ1) is 9.72. The number of benzene rings is 1. The maximum atomic E-state index is 13.1. The van der Waals surface area contributed by atoms with Crippen LogP contribution in [0.1, 0.15) is 11.3 Å². The van der Waals surface area contributed by atoms with Crippen molar-refractivity contribution in [1.82, 2.24) is 4.98 Å². The first kappa shape index (κ1) is 16.3. The van der Waals surface area contributed by atoms with Gasteiger partial charge in [0.2, 0.25) is 0 Å². The van der Waals surface area contributed by atoms with Crippen LogP contribution in [0, 0.1) is 6.92 Å². The molecule has 1 aromatic carbocycles. The number of fused-ring (bicyclic) bond motifs is 1. The lowest BCUT2D eigenvalue weighted by Crippen LogP contribution is -2.16. The maximum absolute atomic E-state index is 13.1. The van der Waals surface area contributed by atoms with Crippen LogP contribution < -0.4 is 16.0 Å². The van der Waals surface area contributed by atoms with Crippen LogP contribution in [0.2, 0.25) is 0 Å². The highest BCUT2D eigenvalue weighted by molar-refractivity contribution is 9.11. The minimum Gasteiger partial charge on any atom is -0.495 e. The molecular weight excluding hydrogens is 419 g/mol. The predicted octanol–water partition coefficient (Wildman–Crippen LogP) is 4.38. The van der Waals surface area contributed by atoms with Gasteiger partial charge in [-0.15, -0.1) is 0 Å². The van der Waals surface area contributed by atoms with Crippen LogP contribution in [0.15, 0.2) is 15.0 Å². The van der Waals surface area contributed by atoms with Crippen LogP contribution in [0.25, 0.3) is 10.9 Å². The Morgan fingerprint density at radius 2 is 1.90 bits per heavy atom. The van der Waals surface area contributed by atoms with Gasteiger partial charge in [0.15, 0.2) is 0 Å². The lowest BCUT2D eigenvalue weighted by molar-refractivity contribution is -0.141. The van der Waals surface area contributed by atoms with Crippen LogP contribution >= 0.6 is 31.9 Å². The van der Waals surface area contributed by atoms with Gasteiger partial charge in [0.1, 0.15) is 11.4 Å². The summed E-state index contributed by atoms with van der Waals surface area (Å²) in [6.07, 6.45) is -4.58. The minimum atomic E-state index is -4.58. The molecule has 0 fully saturated rings. The van der Waals surface area contributed by atoms with E-state index in [0.29, 0.717) is 20.1 Å². The van der Waals surface area contributed by atoms with Gasteiger partial charge < -0.3 is 10.2 Å². The van der Waals surface area contributed by atoms with Gasteiger partial charge >= 0.3 is 6.18 Å². The molecule has 2 aromatic rings. The molecule has 3 N–H and O–H groups in total. The van der Waals surface area contributed by atoms with Gasteiger partial charge in [0.05, 0.1) is 28.2 Å². The molecule has 1 heterocycles. The smallest absolute Gasteiger partial charge is 0.433 e. The second-order valence-corrected chi connectivity index (χ2v) is 5.91. The van der Waals surface area contributed by atoms with E-state index in [2.05, 4.69) is 42.3 Å². The first-order valence-corrected chi connectivity index (χ1v) is 7.21. The molecule has 1 aromatic heterocycles. The van der Waals surface area contributed by atoms with E-state index in [1.807, 2.05) is 0 Å². The number of alkyl halides is 3. The van der Waals surface area contributed by atoms with Crippen LogP contribution in [0.3, 0.4) is 0 Å². The molecule has 0 bridgehead atoms. The Morgan fingerprint density at radius 3 is 2.38 bits per heavy atom. The van der Waals surface area contributed by atoms with E-state index in [1.54, 1.807) is 6.07 Å². The van der Waals surface area contributed by atoms with E-state index in [1.165, 1.54) is 14.0 Å². The Bertz CT molecular complexity index is 719. The molecule has 0 unspecified atom stereocenters. The molecule has 0 aliphatic carbocycles. The van der Waals surface area contributed by atoms with E-state index in [-0.39, 0.29) is 16.8 Å². The number of nitrogens with two attached hydrogens (primary N) is 1. The van der Waals surface area contributed by atoms with E-state index in [9.17, 15) is 13.2 Å². The summed E-state index contributed by atoms with van der Waals surface area (Å²) < 4.78 is 45.5. The zero-order chi connectivity index (χ0) is 15.9. The van der Waals surface area contributed by atoms with Gasteiger partial charge in [0.25, 0.3) is 0 Å². The highest BCUT2D eigenvalue weighted by Crippen LogP contribution is 2.45. The number of aromatic nitrogens is 1. The number of methoxy groups -OCH3 is 1. The third-order valence-electron chi connectivity index (χ3n) is 2.98. The van der Waals surface area contributed by atoms with Gasteiger partial charge in [-0.3, -0.25) is 5.84 Å². The molecule has 0 aliphatic heterocycles. The number of anilines is 1. The SMILES string of the molecule is COc1c(Br)cc(Br)c2nc(C(F)(F)F)c(C)c(NN)c12. The summed E-state index contributed by atoms with van der Waals surface area (Å²) in [5, 5.41) is 0.367. The van der Waals surface area contributed by atoms with Crippen molar-refractivity contribution in [3.8, 4) is 5.75 Å². The van der Waals surface area contributed by atoms with Gasteiger partial charge in [-0.25, -0.2) is 4.98 Å². The monoisotopic (exact) mass is 427 g/mol. The molecule has 9 heteroatoms. The van der Waals surface area contributed by atoms with Crippen LogP contribution in [0.4, 0.5) is 18.9 Å². The summed E-state index contributed by atoms with van der Waals surface area (Å²) in [7, 11) is 1.42. The fourth-order valence-corrected chi connectivity index (χ4v) is 3.50. The third kappa shape index (κ3) is 2.69. The molecule has 0 amide bonds. The van der Waals surface area contributed by atoms with Gasteiger partial charge in [-0.1, -0.05) is 0 Å². The topological polar surface area (TPSA) is 60.2 Å². The molecule has 0 radical (unpaired) electrons. The summed E-state index contributed by atoms with van der Waals surface area (Å²) in [5.41, 5.74) is 1.46. The number of pyridine rings is 1. The molecule has 0 saturated carbocycles. The fourth-order valence-electron chi connectivity index (χ4n) is 2.09. The molecule has 0 atom stereocenters. The summed E-state index contributed by atoms with van der Waals surface area (Å²) >= 11 is 6.52. The first-order valence-electron chi connectivity index (χ1n) is 5.62. The molecular formula is C12H10Br2F3N3O. The lowest BCUT2D eigenvalue weighted by atomic mass is 10.1. The average Bonchev–Trinajstić information content (AvgIpc) is 2.37. The maximum Gasteiger partial charge on any atom is 0.433 e. The van der Waals surface area contributed by atoms with Gasteiger partial charge in [-0.2, -0.15) is 13.2 Å². The molecule has 114 valence electrons. The number of nitrogens with zero attached hydrogens (tertiary/aromatic N) is 1. The second-order valence-electron chi connectivity index (χ2n) is 4.20. The zero-order valence-corrected chi connectivity index (χ0v) is 14.1. The fraction of sp³-hybridized carbons (Fsp3) is 0.250. The number of nitrogens with one attached hydrogen (secondary N) is 1. The lowest BCUT2D eigenvalue weighted by Gasteiger charge is -2.18. The number of hydrogen-bond acceptors (Lipinski definition) is 4. The van der Waals surface area contributed by atoms with Crippen molar-refractivity contribution < 1.29 is 17.9 Å². The van der Waals surface area contributed by atoms with Crippen LogP contribution in [0.5, 0.6) is 5.75 Å². The van der Waals surface area contributed by atoms with Crippen molar-refractivity contribution in [2.24, 2.45) is 5.84 Å². The standard InChI is InChI=1S/C12H10Br2F3N3O/c1-4-8(20-18)7-9(19-11(4)12(15,16)17)5(13)3-6(14)10(7)21-2/h3H,18H2,1-2H3,(H,19,20). The molecule has 0 aliphatic rings. The third-order valence-corrected chi connectivity index (χ3v) is 4.17. The summed E-state index contributed by atoms with van der Waals surface area (Å²) in [6, 6.07) is 1.57. The number of hydrazine groups is 1. The van der Waals surface area contributed by atoms with E-state index in [0.717, 1.165) is 0 Å². The Morgan fingerprint density at radius 1 is 1.29 bits per heavy atom. The Balaban J connectivity index is 3.05. The highest BCUT2D eigenvalue weighted by Gasteiger charge is 2.37. The Labute approximate surface area is 135 Å². The molecule has 0 spiro atoms. The molecule has 4 nitrogen and oxygen atoms in total. The molecule has 2 rings (SSSR count). The predicted molar refractivity (Wildman–Crippen MR) is 81.2 cm³/mol. The van der Waals surface area contributed by atoms with Crippen molar-refractivity contribution >= 4 is 48.5 Å². The quantitative estimate of drug-likeness (QED) is 0.550. The normalized spacial score (nSPS) is 11.8. The van der Waals surface area contributed by atoms with Gasteiger partial charge in [0, 0.05) is 10.0 Å². The summed E-state index contributed by atoms with van der Waals surface area (Å²) in [6.45, 7) is 1.30. The molecule has 0 saturated heterocycles. The highest BCUT2D eigenvalue weighted by atomic mass is 79.9. The van der Waals surface area contributed by atoms with E-state index >= 15 is 0 Å². The average molecular weight is 429 g/mol. The number of nitrogen functional groups attached to an aromatic ring is 1. The Hall–Kier alpha value is -1.06. The van der Waals surface area contributed by atoms with Crippen LogP contribution in [-0.2, 0) is 6.18 Å². The van der Waals surface area contributed by atoms with Crippen molar-refractivity contribution in [2.45, 2.75) is 13.1 Å². The van der Waals surface area contributed by atoms with Crippen molar-refractivity contribution in [2.75, 3.05) is 12.5 Å². The number of ether oxygens (including phenoxy) is 1. The largest absolute Gasteiger partial charge is 0.495 e. The van der Waals surface area contributed by atoms with E-state index < -0.39 is 11.9 Å². The summed E-state index contributed by atoms with van der Waals surface area (Å²) in [5.74, 6) is 5.77. The number of rotatable bonds is 2. The number of hydrogen-bond donors (Lipinski definition) is 2. The second kappa shape index (κ2) is 5.62. The van der Waals surface area contributed by atoms with Gasteiger partial charge in [-0.05, 0) is 44.8 Å². The molecule has 21 heavy (non-hydrogen) atoms.